The van der Waals surface area contributed by atoms with Crippen LogP contribution in [-0.2, 0) is 6.54 Å². The Morgan fingerprint density at radius 2 is 2.11 bits per heavy atom. The van der Waals surface area contributed by atoms with Gasteiger partial charge in [-0.1, -0.05) is 23.7 Å². The van der Waals surface area contributed by atoms with Gasteiger partial charge in [0.1, 0.15) is 5.75 Å². The maximum Gasteiger partial charge on any atom is 0.573 e. The Morgan fingerprint density at radius 3 is 2.67 bits per heavy atom. The largest absolute Gasteiger partial charge is 0.573 e. The minimum absolute atomic E-state index is 0.0599. The van der Waals surface area contributed by atoms with E-state index in [0.29, 0.717) is 6.54 Å². The van der Waals surface area contributed by atoms with Crippen molar-refractivity contribution in [3.8, 4) is 5.75 Å². The van der Waals surface area contributed by atoms with Gasteiger partial charge in [-0.15, -0.1) is 19.8 Å². The summed E-state index contributed by atoms with van der Waals surface area (Å²) in [5.41, 5.74) is 0.790. The molecule has 0 saturated carbocycles. The van der Waals surface area contributed by atoms with Crippen molar-refractivity contribution >= 4 is 11.6 Å². The van der Waals surface area contributed by atoms with Gasteiger partial charge in [0.15, 0.2) is 0 Å². The number of hydrogen-bond acceptors (Lipinski definition) is 2. The van der Waals surface area contributed by atoms with Gasteiger partial charge in [-0.3, -0.25) is 0 Å². The number of halogens is 4. The molecule has 0 atom stereocenters. The predicted octanol–water partition coefficient (Wildman–Crippen LogP) is 3.90. The Labute approximate surface area is 108 Å². The van der Waals surface area contributed by atoms with Gasteiger partial charge in [-0.2, -0.15) is 0 Å². The molecule has 1 aromatic carbocycles. The fraction of sp³-hybridized carbons (Fsp3) is 0.333. The van der Waals surface area contributed by atoms with Gasteiger partial charge in [0, 0.05) is 6.54 Å². The molecule has 0 unspecified atom stereocenters. The van der Waals surface area contributed by atoms with Crippen LogP contribution in [0.3, 0.4) is 0 Å². The second kappa shape index (κ2) is 6.66. The van der Waals surface area contributed by atoms with Crippen molar-refractivity contribution in [3.63, 3.8) is 0 Å². The van der Waals surface area contributed by atoms with Crippen LogP contribution in [0.2, 0.25) is 5.02 Å². The molecule has 18 heavy (non-hydrogen) atoms. The van der Waals surface area contributed by atoms with Gasteiger partial charge in [0.25, 0.3) is 0 Å². The molecular weight excluding hydrogens is 267 g/mol. The van der Waals surface area contributed by atoms with E-state index in [4.69, 9.17) is 11.6 Å². The summed E-state index contributed by atoms with van der Waals surface area (Å²) >= 11 is 5.71. The van der Waals surface area contributed by atoms with Crippen LogP contribution in [0.25, 0.3) is 0 Å². The van der Waals surface area contributed by atoms with Crippen molar-refractivity contribution in [1.29, 1.82) is 0 Å². The summed E-state index contributed by atoms with van der Waals surface area (Å²) in [6.45, 7) is 4.86. The third kappa shape index (κ3) is 5.42. The molecule has 0 aromatic heterocycles. The standard InChI is InChI=1S/C12H13ClF3NO/c1-2-3-6-17-8-9-4-5-11(10(13)7-9)18-12(14,15)16/h2,4-5,7,17H,1,3,6,8H2. The molecule has 1 aromatic rings. The predicted molar refractivity (Wildman–Crippen MR) is 64.7 cm³/mol. The van der Waals surface area contributed by atoms with E-state index in [1.807, 2.05) is 0 Å². The first-order valence-electron chi connectivity index (χ1n) is 5.28. The fourth-order valence-electron chi connectivity index (χ4n) is 1.30. The Bertz CT molecular complexity index is 407. The summed E-state index contributed by atoms with van der Waals surface area (Å²) in [7, 11) is 0. The van der Waals surface area contributed by atoms with Crippen LogP contribution >= 0.6 is 11.6 Å². The Kier molecular flexibility index (Phi) is 5.50. The van der Waals surface area contributed by atoms with Gasteiger partial charge in [0.05, 0.1) is 5.02 Å². The molecule has 0 aliphatic carbocycles. The summed E-state index contributed by atoms with van der Waals surface area (Å²) < 4.78 is 39.8. The molecule has 1 N–H and O–H groups in total. The first-order valence-corrected chi connectivity index (χ1v) is 5.66. The number of benzene rings is 1. The lowest BCUT2D eigenvalue weighted by Crippen LogP contribution is -2.17. The average Bonchev–Trinajstić information content (AvgIpc) is 2.26. The second-order valence-corrected chi connectivity index (χ2v) is 3.97. The zero-order valence-electron chi connectivity index (χ0n) is 9.56. The average molecular weight is 280 g/mol. The van der Waals surface area contributed by atoms with E-state index in [-0.39, 0.29) is 10.8 Å². The highest BCUT2D eigenvalue weighted by Gasteiger charge is 2.31. The number of nitrogens with one attached hydrogen (secondary N) is 1. The fourth-order valence-corrected chi connectivity index (χ4v) is 1.54. The maximum absolute atomic E-state index is 12.0. The molecule has 0 bridgehead atoms. The summed E-state index contributed by atoms with van der Waals surface area (Å²) in [6.07, 6.45) is -2.13. The minimum Gasteiger partial charge on any atom is -0.404 e. The smallest absolute Gasteiger partial charge is 0.404 e. The van der Waals surface area contributed by atoms with E-state index in [1.54, 1.807) is 6.08 Å². The van der Waals surface area contributed by atoms with Gasteiger partial charge in [-0.05, 0) is 30.7 Å². The molecule has 2 nitrogen and oxygen atoms in total. The summed E-state index contributed by atoms with van der Waals surface area (Å²) in [5, 5.41) is 3.04. The van der Waals surface area contributed by atoms with Crippen LogP contribution in [-0.4, -0.2) is 12.9 Å². The van der Waals surface area contributed by atoms with Gasteiger partial charge in [-0.25, -0.2) is 0 Å². The van der Waals surface area contributed by atoms with Gasteiger partial charge in [0.2, 0.25) is 0 Å². The van der Waals surface area contributed by atoms with Crippen LogP contribution in [0.1, 0.15) is 12.0 Å². The first kappa shape index (κ1) is 14.9. The second-order valence-electron chi connectivity index (χ2n) is 3.57. The molecule has 0 radical (unpaired) electrons. The molecule has 0 heterocycles. The van der Waals surface area contributed by atoms with Crippen molar-refractivity contribution < 1.29 is 17.9 Å². The minimum atomic E-state index is -4.73. The molecule has 0 amide bonds. The Hall–Kier alpha value is -1.20. The van der Waals surface area contributed by atoms with E-state index in [1.165, 1.54) is 18.2 Å². The Balaban J connectivity index is 2.59. The van der Waals surface area contributed by atoms with Crippen molar-refractivity contribution in [1.82, 2.24) is 5.32 Å². The molecule has 6 heteroatoms. The lowest BCUT2D eigenvalue weighted by Gasteiger charge is -2.11. The third-order valence-corrected chi connectivity index (χ3v) is 2.37. The van der Waals surface area contributed by atoms with Crippen LogP contribution < -0.4 is 10.1 Å². The van der Waals surface area contributed by atoms with E-state index >= 15 is 0 Å². The first-order chi connectivity index (χ1) is 8.42. The molecule has 0 aliphatic heterocycles. The molecule has 100 valence electrons. The molecule has 0 aliphatic rings. The molecule has 0 saturated heterocycles. The van der Waals surface area contributed by atoms with Crippen molar-refractivity contribution in [2.24, 2.45) is 0 Å². The van der Waals surface area contributed by atoms with Crippen molar-refractivity contribution in [2.75, 3.05) is 6.54 Å². The van der Waals surface area contributed by atoms with E-state index < -0.39 is 6.36 Å². The normalized spacial score (nSPS) is 11.3. The monoisotopic (exact) mass is 279 g/mol. The maximum atomic E-state index is 12.0. The molecule has 0 spiro atoms. The lowest BCUT2D eigenvalue weighted by atomic mass is 10.2. The van der Waals surface area contributed by atoms with Crippen LogP contribution in [0.4, 0.5) is 13.2 Å². The number of rotatable bonds is 6. The van der Waals surface area contributed by atoms with Crippen LogP contribution in [0, 0.1) is 0 Å². The summed E-state index contributed by atoms with van der Waals surface area (Å²) in [5.74, 6) is -0.390. The van der Waals surface area contributed by atoms with Crippen molar-refractivity contribution in [2.45, 2.75) is 19.3 Å². The summed E-state index contributed by atoms with van der Waals surface area (Å²) in [6, 6.07) is 4.19. The molecule has 1 rings (SSSR count). The van der Waals surface area contributed by atoms with Crippen molar-refractivity contribution in [3.05, 3.63) is 41.4 Å². The highest BCUT2D eigenvalue weighted by atomic mass is 35.5. The highest BCUT2D eigenvalue weighted by Crippen LogP contribution is 2.30. The highest BCUT2D eigenvalue weighted by molar-refractivity contribution is 6.32. The van der Waals surface area contributed by atoms with Gasteiger partial charge < -0.3 is 10.1 Å². The van der Waals surface area contributed by atoms with Crippen LogP contribution in [0.5, 0.6) is 5.75 Å². The summed E-state index contributed by atoms with van der Waals surface area (Å²) in [4.78, 5) is 0. The third-order valence-electron chi connectivity index (χ3n) is 2.08. The van der Waals surface area contributed by atoms with E-state index in [0.717, 1.165) is 18.5 Å². The SMILES string of the molecule is C=CCCNCc1ccc(OC(F)(F)F)c(Cl)c1. The molecular formula is C12H13ClF3NO. The number of hydrogen-bond donors (Lipinski definition) is 1. The number of alkyl halides is 3. The van der Waals surface area contributed by atoms with Gasteiger partial charge >= 0.3 is 6.36 Å². The van der Waals surface area contributed by atoms with E-state index in [2.05, 4.69) is 16.6 Å². The lowest BCUT2D eigenvalue weighted by molar-refractivity contribution is -0.274. The quantitative estimate of drug-likeness (QED) is 0.630. The zero-order chi connectivity index (χ0) is 13.6. The molecule has 0 fully saturated rings. The Morgan fingerprint density at radius 1 is 1.39 bits per heavy atom. The topological polar surface area (TPSA) is 21.3 Å². The van der Waals surface area contributed by atoms with E-state index in [9.17, 15) is 13.2 Å². The van der Waals surface area contributed by atoms with Crippen LogP contribution in [0.15, 0.2) is 30.9 Å². The zero-order valence-corrected chi connectivity index (χ0v) is 10.3. The number of ether oxygens (including phenoxy) is 1.